The lowest BCUT2D eigenvalue weighted by molar-refractivity contribution is 0.112. The van der Waals surface area contributed by atoms with Crippen LogP contribution in [0.1, 0.15) is 31.2 Å². The van der Waals surface area contributed by atoms with Crippen LogP contribution in [-0.4, -0.2) is 38.0 Å². The number of benzene rings is 1. The Labute approximate surface area is 135 Å². The van der Waals surface area contributed by atoms with Gasteiger partial charge in [-0.3, -0.25) is 0 Å². The maximum absolute atomic E-state index is 13.5. The van der Waals surface area contributed by atoms with Crippen LogP contribution in [0.2, 0.25) is 5.02 Å². The number of halogens is 2. The Bertz CT molecular complexity index is 657. The summed E-state index contributed by atoms with van der Waals surface area (Å²) in [6, 6.07) is 2.28. The monoisotopic (exact) mass is 349 g/mol. The van der Waals surface area contributed by atoms with Gasteiger partial charge in [0.25, 0.3) is 0 Å². The van der Waals surface area contributed by atoms with Crippen LogP contribution in [-0.2, 0) is 10.0 Å². The van der Waals surface area contributed by atoms with Crippen LogP contribution in [0, 0.1) is 18.2 Å². The van der Waals surface area contributed by atoms with E-state index in [1.54, 1.807) is 0 Å². The van der Waals surface area contributed by atoms with Crippen LogP contribution >= 0.6 is 11.6 Å². The Morgan fingerprint density at radius 2 is 1.95 bits per heavy atom. The molecule has 0 unspecified atom stereocenters. The summed E-state index contributed by atoms with van der Waals surface area (Å²) in [5.74, 6) is -0.533. The lowest BCUT2D eigenvalue weighted by Gasteiger charge is -2.31. The second-order valence-corrected chi connectivity index (χ2v) is 8.58. The van der Waals surface area contributed by atoms with Gasteiger partial charge in [-0.05, 0) is 37.5 Å². The number of aliphatic hydroxyl groups excluding tert-OH is 1. The zero-order chi connectivity index (χ0) is 16.5. The summed E-state index contributed by atoms with van der Waals surface area (Å²) >= 11 is 5.92. The molecule has 1 aromatic carbocycles. The molecule has 0 bridgehead atoms. The number of nitrogens with zero attached hydrogens (tertiary/aromatic N) is 1. The van der Waals surface area contributed by atoms with Gasteiger partial charge in [-0.15, -0.1) is 0 Å². The van der Waals surface area contributed by atoms with Gasteiger partial charge in [-0.1, -0.05) is 24.4 Å². The van der Waals surface area contributed by atoms with Crippen molar-refractivity contribution >= 4 is 21.6 Å². The van der Waals surface area contributed by atoms with E-state index < -0.39 is 15.8 Å². The molecule has 1 fully saturated rings. The molecule has 7 heteroatoms. The lowest BCUT2D eigenvalue weighted by atomic mass is 9.87. The highest BCUT2D eigenvalue weighted by molar-refractivity contribution is 7.89. The highest BCUT2D eigenvalue weighted by Gasteiger charge is 2.37. The molecule has 0 amide bonds. The van der Waals surface area contributed by atoms with Crippen molar-refractivity contribution in [2.75, 3.05) is 20.2 Å². The number of hydrogen-bond acceptors (Lipinski definition) is 3. The fraction of sp³-hybridized carbons (Fsp3) is 0.600. The Morgan fingerprint density at radius 3 is 2.50 bits per heavy atom. The van der Waals surface area contributed by atoms with Gasteiger partial charge in [-0.2, -0.15) is 0 Å². The highest BCUT2D eigenvalue weighted by Crippen LogP contribution is 2.39. The van der Waals surface area contributed by atoms with Crippen molar-refractivity contribution in [1.82, 2.24) is 4.31 Å². The summed E-state index contributed by atoms with van der Waals surface area (Å²) in [4.78, 5) is -0.0957. The van der Waals surface area contributed by atoms with E-state index in [4.69, 9.17) is 11.6 Å². The van der Waals surface area contributed by atoms with Crippen molar-refractivity contribution in [1.29, 1.82) is 0 Å². The molecule has 0 atom stereocenters. The maximum atomic E-state index is 13.5. The fourth-order valence-electron chi connectivity index (χ4n) is 3.04. The molecule has 2 rings (SSSR count). The molecular formula is C15H21ClFNO3S. The van der Waals surface area contributed by atoms with E-state index in [1.165, 1.54) is 24.3 Å². The van der Waals surface area contributed by atoms with Crippen molar-refractivity contribution in [3.63, 3.8) is 0 Å². The van der Waals surface area contributed by atoms with Gasteiger partial charge in [0, 0.05) is 25.6 Å². The number of aliphatic hydroxyl groups is 1. The molecular weight excluding hydrogens is 329 g/mol. The fourth-order valence-corrected chi connectivity index (χ4v) is 4.90. The van der Waals surface area contributed by atoms with Crippen LogP contribution in [0.15, 0.2) is 17.0 Å². The normalized spacial score (nSPS) is 18.1. The number of aryl methyl sites for hydroxylation is 1. The van der Waals surface area contributed by atoms with Crippen molar-refractivity contribution in [3.05, 3.63) is 28.5 Å². The predicted octanol–water partition coefficient (Wildman–Crippen LogP) is 2.96. The molecule has 1 aromatic rings. The first-order chi connectivity index (χ1) is 10.2. The van der Waals surface area contributed by atoms with Gasteiger partial charge in [0.05, 0.1) is 5.02 Å². The average Bonchev–Trinajstić information content (AvgIpc) is 2.91. The zero-order valence-electron chi connectivity index (χ0n) is 12.8. The minimum Gasteiger partial charge on any atom is -0.396 e. The smallest absolute Gasteiger partial charge is 0.244 e. The maximum Gasteiger partial charge on any atom is 0.244 e. The van der Waals surface area contributed by atoms with Crippen molar-refractivity contribution < 1.29 is 17.9 Å². The summed E-state index contributed by atoms with van der Waals surface area (Å²) in [5.41, 5.74) is -0.155. The summed E-state index contributed by atoms with van der Waals surface area (Å²) in [6.45, 7) is 1.69. The molecule has 0 aromatic heterocycles. The van der Waals surface area contributed by atoms with Gasteiger partial charge in [-0.25, -0.2) is 17.1 Å². The largest absolute Gasteiger partial charge is 0.396 e. The average molecular weight is 350 g/mol. The van der Waals surface area contributed by atoms with Gasteiger partial charge in [0.15, 0.2) is 0 Å². The van der Waals surface area contributed by atoms with Crippen molar-refractivity contribution in [2.45, 2.75) is 37.5 Å². The standard InChI is InChI=1S/C15H21ClFNO3S/c1-11-7-14(12(16)8-13(11)17)22(20,21)18(2)9-15(10-19)5-3-4-6-15/h7-8,19H,3-6,9-10H2,1-2H3. The van der Waals surface area contributed by atoms with Gasteiger partial charge in [0.2, 0.25) is 10.0 Å². The quantitative estimate of drug-likeness (QED) is 0.889. The van der Waals surface area contributed by atoms with Gasteiger partial charge < -0.3 is 5.11 Å². The van der Waals surface area contributed by atoms with E-state index in [0.29, 0.717) is 0 Å². The molecule has 0 saturated heterocycles. The van der Waals surface area contributed by atoms with E-state index in [0.717, 1.165) is 31.7 Å². The second kappa shape index (κ2) is 6.43. The van der Waals surface area contributed by atoms with Crippen LogP contribution in [0.25, 0.3) is 0 Å². The van der Waals surface area contributed by atoms with Crippen LogP contribution in [0.4, 0.5) is 4.39 Å². The highest BCUT2D eigenvalue weighted by atomic mass is 35.5. The molecule has 1 saturated carbocycles. The SMILES string of the molecule is Cc1cc(S(=O)(=O)N(C)CC2(CO)CCCC2)c(Cl)cc1F. The Balaban J connectivity index is 2.32. The molecule has 0 aliphatic heterocycles. The molecule has 22 heavy (non-hydrogen) atoms. The third kappa shape index (κ3) is 3.30. The van der Waals surface area contributed by atoms with Crippen LogP contribution < -0.4 is 0 Å². The minimum absolute atomic E-state index is 0.0387. The van der Waals surface area contributed by atoms with E-state index in [2.05, 4.69) is 0 Å². The topological polar surface area (TPSA) is 57.6 Å². The zero-order valence-corrected chi connectivity index (χ0v) is 14.3. The molecule has 1 N–H and O–H groups in total. The molecule has 0 radical (unpaired) electrons. The summed E-state index contributed by atoms with van der Waals surface area (Å²) in [5, 5.41) is 9.51. The Hall–Kier alpha value is -0.690. The van der Waals surface area contributed by atoms with Crippen LogP contribution in [0.3, 0.4) is 0 Å². The second-order valence-electron chi connectivity index (χ2n) is 6.16. The Kier molecular flexibility index (Phi) is 5.16. The van der Waals surface area contributed by atoms with Crippen molar-refractivity contribution in [3.8, 4) is 0 Å². The van der Waals surface area contributed by atoms with Gasteiger partial charge in [0.1, 0.15) is 10.7 Å². The summed E-state index contributed by atoms with van der Waals surface area (Å²) in [7, 11) is -2.35. The van der Waals surface area contributed by atoms with E-state index in [9.17, 15) is 17.9 Å². The molecule has 1 aliphatic carbocycles. The molecule has 124 valence electrons. The van der Waals surface area contributed by atoms with E-state index in [1.807, 2.05) is 0 Å². The lowest BCUT2D eigenvalue weighted by Crippen LogP contribution is -2.39. The predicted molar refractivity (Wildman–Crippen MR) is 83.9 cm³/mol. The molecule has 0 heterocycles. The Morgan fingerprint density at radius 1 is 1.36 bits per heavy atom. The molecule has 1 aliphatic rings. The van der Waals surface area contributed by atoms with E-state index >= 15 is 0 Å². The first-order valence-corrected chi connectivity index (χ1v) is 9.06. The van der Waals surface area contributed by atoms with Crippen molar-refractivity contribution in [2.24, 2.45) is 5.41 Å². The molecule has 4 nitrogen and oxygen atoms in total. The first kappa shape index (κ1) is 17.7. The number of hydrogen-bond donors (Lipinski definition) is 1. The van der Waals surface area contributed by atoms with Crippen LogP contribution in [0.5, 0.6) is 0 Å². The third-order valence-corrected chi connectivity index (χ3v) is 6.73. The molecule has 0 spiro atoms. The number of rotatable bonds is 5. The first-order valence-electron chi connectivity index (χ1n) is 7.25. The third-order valence-electron chi connectivity index (χ3n) is 4.46. The van der Waals surface area contributed by atoms with Gasteiger partial charge >= 0.3 is 0 Å². The summed E-state index contributed by atoms with van der Waals surface area (Å²) in [6.07, 6.45) is 3.59. The minimum atomic E-state index is -3.82. The summed E-state index contributed by atoms with van der Waals surface area (Å²) < 4.78 is 40.1. The van der Waals surface area contributed by atoms with E-state index in [-0.39, 0.29) is 34.0 Å². The number of sulfonamides is 1.